The molecule has 1 aliphatic rings. The van der Waals surface area contributed by atoms with Crippen LogP contribution in [0.4, 0.5) is 24.5 Å². The van der Waals surface area contributed by atoms with Gasteiger partial charge in [0, 0.05) is 36.8 Å². The summed E-state index contributed by atoms with van der Waals surface area (Å²) in [6, 6.07) is 21.4. The second-order valence-corrected chi connectivity index (χ2v) is 9.16. The fourth-order valence-electron chi connectivity index (χ4n) is 4.77. The number of carbonyl (C=O) groups is 1. The van der Waals surface area contributed by atoms with E-state index in [0.717, 1.165) is 22.4 Å². The molecule has 8 heteroatoms. The number of rotatable bonds is 7. The van der Waals surface area contributed by atoms with E-state index in [4.69, 9.17) is 4.74 Å². The van der Waals surface area contributed by atoms with Gasteiger partial charge in [-0.05, 0) is 41.5 Å². The van der Waals surface area contributed by atoms with Crippen LogP contribution in [-0.4, -0.2) is 30.0 Å². The highest BCUT2D eigenvalue weighted by molar-refractivity contribution is 5.89. The maximum Gasteiger partial charge on any atom is 0.335 e. The van der Waals surface area contributed by atoms with Gasteiger partial charge < -0.3 is 20.1 Å². The Morgan fingerprint density at radius 2 is 1.84 bits per heavy atom. The van der Waals surface area contributed by atoms with Crippen LogP contribution in [0.25, 0.3) is 10.8 Å². The highest BCUT2D eigenvalue weighted by Gasteiger charge is 2.42. The summed E-state index contributed by atoms with van der Waals surface area (Å²) in [5, 5.41) is 14.9. The van der Waals surface area contributed by atoms with Crippen molar-refractivity contribution in [2.24, 2.45) is 0 Å². The molecule has 2 atom stereocenters. The Balaban J connectivity index is 1.39. The van der Waals surface area contributed by atoms with Crippen molar-refractivity contribution in [3.8, 4) is 5.75 Å². The Labute approximate surface area is 212 Å². The van der Waals surface area contributed by atoms with Crippen LogP contribution in [-0.2, 0) is 0 Å². The first kappa shape index (κ1) is 24.6. The summed E-state index contributed by atoms with van der Waals surface area (Å²) in [7, 11) is 0. The molecule has 0 radical (unpaired) electrons. The lowest BCUT2D eigenvalue weighted by atomic mass is 9.99. The molecule has 37 heavy (non-hydrogen) atoms. The van der Waals surface area contributed by atoms with E-state index in [2.05, 4.69) is 5.32 Å². The largest absolute Gasteiger partial charge is 0.478 e. The minimum atomic E-state index is -2.32. The monoisotopic (exact) mass is 506 g/mol. The van der Waals surface area contributed by atoms with Crippen molar-refractivity contribution >= 4 is 28.1 Å². The van der Waals surface area contributed by atoms with Crippen LogP contribution in [0.15, 0.2) is 78.9 Å². The molecule has 5 rings (SSSR count). The van der Waals surface area contributed by atoms with Crippen LogP contribution in [0.5, 0.6) is 5.75 Å². The third-order valence-electron chi connectivity index (χ3n) is 6.60. The van der Waals surface area contributed by atoms with Gasteiger partial charge in [-0.25, -0.2) is 13.6 Å². The molecular formula is C29H25F3N2O3. The highest BCUT2D eigenvalue weighted by Crippen LogP contribution is 2.45. The molecule has 5 nitrogen and oxygen atoms in total. The number of hydrogen-bond acceptors (Lipinski definition) is 4. The zero-order valence-electron chi connectivity index (χ0n) is 20.0. The van der Waals surface area contributed by atoms with E-state index in [-0.39, 0.29) is 42.5 Å². The van der Waals surface area contributed by atoms with Crippen molar-refractivity contribution in [2.75, 3.05) is 18.0 Å². The average Bonchev–Trinajstić information content (AvgIpc) is 2.88. The third-order valence-corrected chi connectivity index (χ3v) is 6.60. The van der Waals surface area contributed by atoms with Crippen LogP contribution < -0.4 is 15.0 Å². The van der Waals surface area contributed by atoms with Gasteiger partial charge >= 0.3 is 5.97 Å². The van der Waals surface area contributed by atoms with Gasteiger partial charge in [-0.1, -0.05) is 48.5 Å². The number of nitrogens with zero attached hydrogens (tertiary/aromatic N) is 1. The van der Waals surface area contributed by atoms with Crippen LogP contribution in [0.1, 0.15) is 35.3 Å². The summed E-state index contributed by atoms with van der Waals surface area (Å²) in [5.41, 5.74) is 1.31. The van der Waals surface area contributed by atoms with Crippen LogP contribution in [0.3, 0.4) is 0 Å². The molecule has 0 fully saturated rings. The first-order valence-corrected chi connectivity index (χ1v) is 11.9. The molecule has 0 aromatic heterocycles. The van der Waals surface area contributed by atoms with Crippen LogP contribution in [0, 0.1) is 11.6 Å². The Morgan fingerprint density at radius 3 is 2.65 bits per heavy atom. The minimum Gasteiger partial charge on any atom is -0.478 e. The second kappa shape index (κ2) is 9.78. The quantitative estimate of drug-likeness (QED) is 0.290. The number of ether oxygens (including phenoxy) is 1. The number of carboxylic acid groups (broad SMARTS) is 1. The molecule has 0 saturated carbocycles. The number of hydrogen-bond donors (Lipinski definition) is 2. The smallest absolute Gasteiger partial charge is 0.335 e. The zero-order chi connectivity index (χ0) is 26.2. The molecular weight excluding hydrogens is 481 g/mol. The SMILES string of the molecule is C[C@@H](NCCC1(F)CN(c2cccc(C(=O)O)c2)c2cc(F)cc(F)c2O1)c1cccc2ccccc12. The molecule has 190 valence electrons. The topological polar surface area (TPSA) is 61.8 Å². The fraction of sp³-hybridized carbons (Fsp3) is 0.207. The molecule has 0 saturated heterocycles. The first-order chi connectivity index (χ1) is 17.7. The summed E-state index contributed by atoms with van der Waals surface area (Å²) in [5.74, 6) is -5.79. The summed E-state index contributed by atoms with van der Waals surface area (Å²) in [4.78, 5) is 12.8. The minimum absolute atomic E-state index is 0.00889. The standard InChI is InChI=1S/C29H25F3N2O3/c1-18(23-11-5-7-19-6-2-3-10-24(19)23)33-13-12-29(32)17-34(22-9-4-8-20(14-22)28(35)36)26-16-21(30)15-25(31)27(26)37-29/h2-11,14-16,18,33H,12-13,17H2,1H3,(H,35,36)/t18-,29?/m1/s1. The summed E-state index contributed by atoms with van der Waals surface area (Å²) < 4.78 is 50.5. The van der Waals surface area contributed by atoms with Gasteiger partial charge in [0.2, 0.25) is 0 Å². The average molecular weight is 507 g/mol. The lowest BCUT2D eigenvalue weighted by Gasteiger charge is -2.40. The number of alkyl halides is 1. The van der Waals surface area contributed by atoms with E-state index in [9.17, 15) is 18.7 Å². The first-order valence-electron chi connectivity index (χ1n) is 11.9. The van der Waals surface area contributed by atoms with Crippen molar-refractivity contribution in [1.29, 1.82) is 0 Å². The molecule has 0 bridgehead atoms. The molecule has 2 N–H and O–H groups in total. The van der Waals surface area contributed by atoms with Gasteiger partial charge in [0.25, 0.3) is 5.85 Å². The maximum absolute atomic E-state index is 16.2. The Kier molecular flexibility index (Phi) is 6.52. The van der Waals surface area contributed by atoms with E-state index < -0.39 is 29.2 Å². The van der Waals surface area contributed by atoms with Crippen molar-refractivity contribution in [3.05, 3.63) is 102 Å². The van der Waals surface area contributed by atoms with Crippen molar-refractivity contribution < 1.29 is 27.8 Å². The third kappa shape index (κ3) is 4.97. The molecule has 4 aromatic rings. The normalized spacial score (nSPS) is 17.8. The molecule has 0 spiro atoms. The maximum atomic E-state index is 16.2. The van der Waals surface area contributed by atoms with Crippen LogP contribution >= 0.6 is 0 Å². The van der Waals surface area contributed by atoms with E-state index in [1.807, 2.05) is 49.4 Å². The number of benzene rings is 4. The predicted octanol–water partition coefficient (Wildman–Crippen LogP) is 6.75. The van der Waals surface area contributed by atoms with Gasteiger partial charge in [0.15, 0.2) is 11.6 Å². The van der Waals surface area contributed by atoms with E-state index in [0.29, 0.717) is 6.07 Å². The molecule has 1 aliphatic heterocycles. The predicted molar refractivity (Wildman–Crippen MR) is 136 cm³/mol. The molecule has 1 heterocycles. The summed E-state index contributed by atoms with van der Waals surface area (Å²) >= 11 is 0. The lowest BCUT2D eigenvalue weighted by Crippen LogP contribution is -2.48. The van der Waals surface area contributed by atoms with Gasteiger partial charge in [-0.3, -0.25) is 0 Å². The highest BCUT2D eigenvalue weighted by atomic mass is 19.2. The van der Waals surface area contributed by atoms with Gasteiger partial charge in [0.05, 0.1) is 17.8 Å². The number of fused-ring (bicyclic) bond motifs is 2. The van der Waals surface area contributed by atoms with Gasteiger partial charge in [-0.2, -0.15) is 4.39 Å². The number of halogens is 3. The van der Waals surface area contributed by atoms with E-state index in [1.165, 1.54) is 23.1 Å². The number of aromatic carboxylic acids is 1. The van der Waals surface area contributed by atoms with Crippen molar-refractivity contribution in [3.63, 3.8) is 0 Å². The van der Waals surface area contributed by atoms with Gasteiger partial charge in [0.1, 0.15) is 5.82 Å². The Hall–Kier alpha value is -4.04. The van der Waals surface area contributed by atoms with Crippen LogP contribution in [0.2, 0.25) is 0 Å². The van der Waals surface area contributed by atoms with Gasteiger partial charge in [-0.15, -0.1) is 0 Å². The number of nitrogens with one attached hydrogen (secondary N) is 1. The molecule has 0 aliphatic carbocycles. The fourth-order valence-corrected chi connectivity index (χ4v) is 4.77. The lowest BCUT2D eigenvalue weighted by molar-refractivity contribution is -0.0680. The number of carboxylic acids is 1. The van der Waals surface area contributed by atoms with Crippen molar-refractivity contribution in [2.45, 2.75) is 25.2 Å². The number of anilines is 2. The van der Waals surface area contributed by atoms with E-state index in [1.54, 1.807) is 6.07 Å². The molecule has 1 unspecified atom stereocenters. The van der Waals surface area contributed by atoms with Crippen molar-refractivity contribution in [1.82, 2.24) is 5.32 Å². The summed E-state index contributed by atoms with van der Waals surface area (Å²) in [6.45, 7) is 1.81. The van der Waals surface area contributed by atoms with E-state index >= 15 is 4.39 Å². The molecule has 4 aromatic carbocycles. The Morgan fingerprint density at radius 1 is 1.08 bits per heavy atom. The summed E-state index contributed by atoms with van der Waals surface area (Å²) in [6.07, 6.45) is -0.131. The zero-order valence-corrected chi connectivity index (χ0v) is 20.0. The second-order valence-electron chi connectivity index (χ2n) is 9.16. The Bertz CT molecular complexity index is 1470. The molecule has 0 amide bonds.